The highest BCUT2D eigenvalue weighted by atomic mass is 16.6. The van der Waals surface area contributed by atoms with Crippen LogP contribution in [0.2, 0.25) is 0 Å². The van der Waals surface area contributed by atoms with E-state index in [0.29, 0.717) is 11.5 Å². The Morgan fingerprint density at radius 3 is 2.42 bits per heavy atom. The van der Waals surface area contributed by atoms with Gasteiger partial charge in [-0.2, -0.15) is 0 Å². The van der Waals surface area contributed by atoms with E-state index in [2.05, 4.69) is 30.0 Å². The molecule has 4 heteroatoms. The third-order valence-electron chi connectivity index (χ3n) is 2.20. The molecule has 0 saturated carbocycles. The van der Waals surface area contributed by atoms with Gasteiger partial charge in [0.1, 0.15) is 5.75 Å². The van der Waals surface area contributed by atoms with E-state index in [9.17, 15) is 4.79 Å². The molecule has 4 nitrogen and oxygen atoms in total. The van der Waals surface area contributed by atoms with Crippen LogP contribution >= 0.6 is 0 Å². The van der Waals surface area contributed by atoms with Gasteiger partial charge in [-0.25, -0.2) is 4.79 Å². The van der Waals surface area contributed by atoms with Gasteiger partial charge >= 0.3 is 6.09 Å². The highest BCUT2D eigenvalue weighted by Gasteiger charge is 2.11. The summed E-state index contributed by atoms with van der Waals surface area (Å²) in [6.45, 7) is 11.4. The van der Waals surface area contributed by atoms with Crippen LogP contribution in [0.4, 0.5) is 4.79 Å². The fraction of sp³-hybridized carbons (Fsp3) is 0.200. The predicted molar refractivity (Wildman–Crippen MR) is 79.9 cm³/mol. The molecule has 1 N–H and O–H groups in total. The van der Waals surface area contributed by atoms with E-state index in [1.165, 1.54) is 0 Å². The number of hydrogen-bond acceptors (Lipinski definition) is 3. The summed E-state index contributed by atoms with van der Waals surface area (Å²) in [6.07, 6.45) is 1.10. The molecule has 0 fully saturated rings. The molecule has 1 amide bonds. The zero-order valence-corrected chi connectivity index (χ0v) is 11.4. The Morgan fingerprint density at radius 1 is 1.37 bits per heavy atom. The van der Waals surface area contributed by atoms with Crippen LogP contribution in [-0.2, 0) is 0 Å². The quantitative estimate of drug-likeness (QED) is 0.667. The van der Waals surface area contributed by atoms with Crippen molar-refractivity contribution in [2.24, 2.45) is 4.99 Å². The first-order chi connectivity index (χ1) is 9.17. The average Bonchev–Trinajstić information content (AvgIpc) is 2.43. The van der Waals surface area contributed by atoms with Gasteiger partial charge in [-0.1, -0.05) is 24.8 Å². The molecule has 0 bridgehead atoms. The van der Waals surface area contributed by atoms with Crippen molar-refractivity contribution in [3.63, 3.8) is 0 Å². The van der Waals surface area contributed by atoms with Crippen molar-refractivity contribution in [2.45, 2.75) is 13.0 Å². The number of ether oxygens (including phenoxy) is 1. The molecule has 1 aromatic carbocycles. The van der Waals surface area contributed by atoms with Crippen LogP contribution in [0.25, 0.3) is 0 Å². The third-order valence-corrected chi connectivity index (χ3v) is 2.20. The van der Waals surface area contributed by atoms with E-state index in [1.807, 2.05) is 13.0 Å². The van der Waals surface area contributed by atoms with E-state index in [-0.39, 0.29) is 6.04 Å². The summed E-state index contributed by atoms with van der Waals surface area (Å²) in [5.41, 5.74) is 0.704. The summed E-state index contributed by atoms with van der Waals surface area (Å²) in [5.74, 6) is 0.505. The Balaban J connectivity index is 0.00000154. The van der Waals surface area contributed by atoms with Crippen molar-refractivity contribution in [3.05, 3.63) is 56.1 Å². The van der Waals surface area contributed by atoms with E-state index >= 15 is 0 Å². The maximum atomic E-state index is 11.5. The number of para-hydroxylation sites is 1. The average molecular weight is 260 g/mol. The van der Waals surface area contributed by atoms with Gasteiger partial charge in [0.2, 0.25) is 0 Å². The molecular formula is C15H20N2O2. The monoisotopic (exact) mass is 260 g/mol. The molecule has 19 heavy (non-hydrogen) atoms. The minimum absolute atomic E-state index is 0.228. The number of carbonyl (C=O) groups excluding carboxylic acids is 1. The van der Waals surface area contributed by atoms with Gasteiger partial charge < -0.3 is 10.1 Å². The summed E-state index contributed by atoms with van der Waals surface area (Å²) in [7, 11) is 1.65. The highest BCUT2D eigenvalue weighted by molar-refractivity contribution is 6.00. The fourth-order valence-electron chi connectivity index (χ4n) is 1.34. The number of benzene rings is 1. The van der Waals surface area contributed by atoms with Crippen molar-refractivity contribution >= 4 is 11.8 Å². The minimum Gasteiger partial charge on any atom is -0.410 e. The molecule has 0 heterocycles. The van der Waals surface area contributed by atoms with E-state index in [0.717, 1.165) is 0 Å². The lowest BCUT2D eigenvalue weighted by atomic mass is 10.2. The highest BCUT2D eigenvalue weighted by Crippen LogP contribution is 2.08. The number of carbonyl (C=O) groups is 1. The number of nitrogens with one attached hydrogen (secondary N) is 1. The van der Waals surface area contributed by atoms with Crippen molar-refractivity contribution in [1.29, 1.82) is 0 Å². The Hall–Kier alpha value is -2.36. The summed E-state index contributed by atoms with van der Waals surface area (Å²) < 4.78 is 5.08. The second-order valence-electron chi connectivity index (χ2n) is 3.42. The molecule has 0 aliphatic carbocycles. The van der Waals surface area contributed by atoms with Crippen LogP contribution in [0.3, 0.4) is 0 Å². The van der Waals surface area contributed by atoms with Gasteiger partial charge in [-0.05, 0) is 25.1 Å². The third kappa shape index (κ3) is 6.21. The standard InChI is InChI=1S/C13H16N2O2.C2H4/c1-4-12(14-3)10(2)15-13(16)17-11-8-6-5-7-9-11;1-2/h4-10H,1H2,2-3H3,(H,15,16);1-2H2. The molecule has 1 atom stereocenters. The van der Waals surface area contributed by atoms with Crippen LogP contribution in [-0.4, -0.2) is 24.9 Å². The van der Waals surface area contributed by atoms with Crippen molar-refractivity contribution in [1.82, 2.24) is 5.32 Å². The van der Waals surface area contributed by atoms with Crippen molar-refractivity contribution < 1.29 is 9.53 Å². The lowest BCUT2D eigenvalue weighted by molar-refractivity contribution is 0.199. The Labute approximate surface area is 114 Å². The summed E-state index contributed by atoms with van der Waals surface area (Å²) >= 11 is 0. The second kappa shape index (κ2) is 9.65. The molecule has 102 valence electrons. The van der Waals surface area contributed by atoms with Gasteiger partial charge in [-0.3, -0.25) is 4.99 Å². The molecule has 0 aliphatic heterocycles. The lowest BCUT2D eigenvalue weighted by Gasteiger charge is -2.13. The van der Waals surface area contributed by atoms with Crippen LogP contribution in [0.1, 0.15) is 6.92 Å². The molecule has 0 radical (unpaired) electrons. The van der Waals surface area contributed by atoms with E-state index in [1.54, 1.807) is 37.4 Å². The maximum absolute atomic E-state index is 11.5. The van der Waals surface area contributed by atoms with Crippen LogP contribution in [0, 0.1) is 0 Å². The Morgan fingerprint density at radius 2 is 1.95 bits per heavy atom. The Kier molecular flexibility index (Phi) is 8.45. The van der Waals surface area contributed by atoms with Gasteiger partial charge in [0.05, 0.1) is 11.8 Å². The number of nitrogens with zero attached hydrogens (tertiary/aromatic N) is 1. The molecule has 0 aromatic heterocycles. The van der Waals surface area contributed by atoms with Gasteiger partial charge in [-0.15, -0.1) is 13.2 Å². The zero-order valence-electron chi connectivity index (χ0n) is 11.4. The van der Waals surface area contributed by atoms with Crippen LogP contribution in [0.15, 0.2) is 61.1 Å². The first-order valence-electron chi connectivity index (χ1n) is 5.80. The van der Waals surface area contributed by atoms with Crippen molar-refractivity contribution in [2.75, 3.05) is 7.05 Å². The maximum Gasteiger partial charge on any atom is 0.413 e. The first-order valence-corrected chi connectivity index (χ1v) is 5.80. The number of amides is 1. The summed E-state index contributed by atoms with van der Waals surface area (Å²) in [6, 6.07) is 8.66. The first kappa shape index (κ1) is 16.6. The molecule has 0 spiro atoms. The Bertz CT molecular complexity index is 427. The van der Waals surface area contributed by atoms with E-state index < -0.39 is 6.09 Å². The fourth-order valence-corrected chi connectivity index (χ4v) is 1.34. The molecule has 0 aliphatic rings. The molecule has 1 rings (SSSR count). The number of hydrogen-bond donors (Lipinski definition) is 1. The second-order valence-corrected chi connectivity index (χ2v) is 3.42. The van der Waals surface area contributed by atoms with Crippen LogP contribution in [0.5, 0.6) is 5.75 Å². The SMILES string of the molecule is C=C.C=CC(=NC)C(C)NC(=O)Oc1ccccc1. The lowest BCUT2D eigenvalue weighted by Crippen LogP contribution is -2.39. The zero-order chi connectivity index (χ0) is 14.7. The van der Waals surface area contributed by atoms with Gasteiger partial charge in [0.15, 0.2) is 0 Å². The normalized spacial score (nSPS) is 11.6. The van der Waals surface area contributed by atoms with Gasteiger partial charge in [0.25, 0.3) is 0 Å². The molecule has 1 unspecified atom stereocenters. The van der Waals surface area contributed by atoms with E-state index in [4.69, 9.17) is 4.74 Å². The molecular weight excluding hydrogens is 240 g/mol. The van der Waals surface area contributed by atoms with Crippen LogP contribution < -0.4 is 10.1 Å². The molecule has 0 saturated heterocycles. The largest absolute Gasteiger partial charge is 0.413 e. The summed E-state index contributed by atoms with van der Waals surface area (Å²) in [4.78, 5) is 15.5. The topological polar surface area (TPSA) is 50.7 Å². The predicted octanol–water partition coefficient (Wildman–Crippen LogP) is 3.22. The summed E-state index contributed by atoms with van der Waals surface area (Å²) in [5, 5.41) is 2.67. The molecule has 1 aromatic rings. The number of aliphatic imine (C=N–C) groups is 1. The van der Waals surface area contributed by atoms with Crippen molar-refractivity contribution in [3.8, 4) is 5.75 Å². The smallest absolute Gasteiger partial charge is 0.410 e. The minimum atomic E-state index is -0.508. The number of rotatable bonds is 4. The van der Waals surface area contributed by atoms with Gasteiger partial charge in [0, 0.05) is 7.05 Å².